The molecule has 0 aromatic rings. The van der Waals surface area contributed by atoms with Gasteiger partial charge in [-0.15, -0.1) is 0 Å². The maximum Gasteiger partial charge on any atom is 0.435 e. The predicted molar refractivity (Wildman–Crippen MR) is 138 cm³/mol. The fraction of sp³-hybridized carbons (Fsp3) is 1.00. The summed E-state index contributed by atoms with van der Waals surface area (Å²) >= 11 is 0. The van der Waals surface area contributed by atoms with Gasteiger partial charge in [0.1, 0.15) is 0 Å². The number of rotatable bonds is 11. The molecule has 0 aromatic carbocycles. The molecule has 0 saturated carbocycles. The first-order valence-electron chi connectivity index (χ1n) is 15.3. The average molecular weight is 944 g/mol. The first kappa shape index (κ1) is 54.8. The van der Waals surface area contributed by atoms with Crippen LogP contribution in [0.1, 0.15) is 0 Å². The number of ether oxygens (including phenoxy) is 3. The Kier molecular flexibility index (Phi) is 16.6. The first-order valence-corrected chi connectivity index (χ1v) is 15.3. The van der Waals surface area contributed by atoms with Gasteiger partial charge in [0.2, 0.25) is 0 Å². The highest BCUT2D eigenvalue weighted by Crippen LogP contribution is 2.59. The van der Waals surface area contributed by atoms with Crippen LogP contribution in [-0.2, 0) is 14.2 Å². The largest absolute Gasteiger partial charge is 0.435 e. The quantitative estimate of drug-likeness (QED) is 0.187. The molecule has 0 spiro atoms. The van der Waals surface area contributed by atoms with Gasteiger partial charge < -0.3 is 30.2 Å². The van der Waals surface area contributed by atoms with E-state index in [2.05, 4.69) is 30.2 Å². The van der Waals surface area contributed by atoms with Gasteiger partial charge in [0.25, 0.3) is 0 Å². The molecular formula is C25H27F27N4O3. The molecule has 1 saturated heterocycles. The number of hydrogen-bond acceptors (Lipinski definition) is 7. The van der Waals surface area contributed by atoms with Crippen LogP contribution in [0, 0.1) is 5.41 Å². The lowest BCUT2D eigenvalue weighted by atomic mass is 9.87. The van der Waals surface area contributed by atoms with Gasteiger partial charge >= 0.3 is 72.4 Å². The molecule has 59 heavy (non-hydrogen) atoms. The SMILES string of the molecule is FC(F)(F)C(OCC(COC(C(F)(F)F)(C(F)(F)F)C(F)(F)F)(COC(C(F)(F)F)(C(F)(F)F)C(F)(F)F)CN1CCNCCNCCNCC1)(C(F)(F)F)C(F)(F)F. The van der Waals surface area contributed by atoms with E-state index in [4.69, 9.17) is 0 Å². The van der Waals surface area contributed by atoms with E-state index in [9.17, 15) is 119 Å². The zero-order valence-electron chi connectivity index (χ0n) is 28.4. The van der Waals surface area contributed by atoms with E-state index >= 15 is 0 Å². The highest BCUT2D eigenvalue weighted by atomic mass is 19.5. The second-order valence-corrected chi connectivity index (χ2v) is 12.4. The Labute approximate surface area is 311 Å². The van der Waals surface area contributed by atoms with Crippen molar-refractivity contribution in [1.82, 2.24) is 20.9 Å². The van der Waals surface area contributed by atoms with Crippen molar-refractivity contribution in [3.63, 3.8) is 0 Å². The molecule has 1 fully saturated rings. The predicted octanol–water partition coefficient (Wildman–Crippen LogP) is 7.38. The summed E-state index contributed by atoms with van der Waals surface area (Å²) < 4.78 is 381. The topological polar surface area (TPSA) is 67.0 Å². The molecule has 1 rings (SSSR count). The third kappa shape index (κ3) is 11.5. The molecule has 34 heteroatoms. The van der Waals surface area contributed by atoms with Crippen molar-refractivity contribution in [1.29, 1.82) is 0 Å². The minimum atomic E-state index is -8.01. The minimum absolute atomic E-state index is 0.0123. The van der Waals surface area contributed by atoms with Gasteiger partial charge in [0, 0.05) is 58.9 Å². The van der Waals surface area contributed by atoms with Gasteiger partial charge in [-0.3, -0.25) is 4.90 Å². The minimum Gasteiger partial charge on any atom is -0.350 e. The third-order valence-electron chi connectivity index (χ3n) is 8.10. The summed E-state index contributed by atoms with van der Waals surface area (Å²) in [4.78, 5) is 0.147. The zero-order chi connectivity index (χ0) is 46.8. The molecule has 7 nitrogen and oxygen atoms in total. The zero-order valence-corrected chi connectivity index (χ0v) is 28.4. The Morgan fingerprint density at radius 1 is 0.305 bits per heavy atom. The van der Waals surface area contributed by atoms with Crippen molar-refractivity contribution in [2.75, 3.05) is 78.7 Å². The number of nitrogens with zero attached hydrogens (tertiary/aromatic N) is 1. The van der Waals surface area contributed by atoms with Crippen LogP contribution in [0.4, 0.5) is 119 Å². The Hall–Kier alpha value is -2.17. The lowest BCUT2D eigenvalue weighted by molar-refractivity contribution is -0.474. The molecule has 0 amide bonds. The van der Waals surface area contributed by atoms with E-state index in [1.165, 1.54) is 0 Å². The Morgan fingerprint density at radius 2 is 0.492 bits per heavy atom. The van der Waals surface area contributed by atoms with Crippen molar-refractivity contribution in [3.05, 3.63) is 0 Å². The van der Waals surface area contributed by atoms with Gasteiger partial charge in [0.15, 0.2) is 0 Å². The molecular weight excluding hydrogens is 917 g/mol. The highest BCUT2D eigenvalue weighted by Gasteiger charge is 2.88. The van der Waals surface area contributed by atoms with Crippen LogP contribution in [0.25, 0.3) is 0 Å². The van der Waals surface area contributed by atoms with Crippen molar-refractivity contribution < 1.29 is 133 Å². The summed E-state index contributed by atoms with van der Waals surface area (Å²) in [6, 6.07) is 0. The monoisotopic (exact) mass is 944 g/mol. The van der Waals surface area contributed by atoms with Gasteiger partial charge in [-0.25, -0.2) is 0 Å². The summed E-state index contributed by atoms with van der Waals surface area (Å²) in [5, 5.41) is 7.56. The van der Waals surface area contributed by atoms with E-state index in [-0.39, 0.29) is 31.1 Å². The summed E-state index contributed by atoms with van der Waals surface area (Å²) in [6.45, 7) is -18.0. The Bertz CT molecular complexity index is 1060. The fourth-order valence-corrected chi connectivity index (χ4v) is 5.18. The molecule has 3 N–H and O–H groups in total. The second-order valence-electron chi connectivity index (χ2n) is 12.4. The summed E-state index contributed by atoms with van der Waals surface area (Å²) in [6.07, 6.45) is -72.1. The fourth-order valence-electron chi connectivity index (χ4n) is 5.18. The molecule has 1 heterocycles. The normalized spacial score (nSPS) is 18.8. The van der Waals surface area contributed by atoms with Crippen LogP contribution < -0.4 is 16.0 Å². The van der Waals surface area contributed by atoms with E-state index in [0.717, 1.165) is 0 Å². The van der Waals surface area contributed by atoms with Crippen LogP contribution >= 0.6 is 0 Å². The molecule has 0 aromatic heterocycles. The number of alkyl halides is 27. The molecule has 1 aliphatic rings. The van der Waals surface area contributed by atoms with Gasteiger partial charge in [-0.2, -0.15) is 119 Å². The van der Waals surface area contributed by atoms with Crippen molar-refractivity contribution in [3.8, 4) is 0 Å². The lowest BCUT2D eigenvalue weighted by Gasteiger charge is -2.46. The lowest BCUT2D eigenvalue weighted by Crippen LogP contribution is -2.71. The summed E-state index contributed by atoms with van der Waals surface area (Å²) in [7, 11) is 0. The smallest absolute Gasteiger partial charge is 0.350 e. The van der Waals surface area contributed by atoms with Crippen LogP contribution in [0.3, 0.4) is 0 Å². The van der Waals surface area contributed by atoms with E-state index in [0.29, 0.717) is 0 Å². The number of hydrogen-bond donors (Lipinski definition) is 3. The van der Waals surface area contributed by atoms with Crippen molar-refractivity contribution in [2.24, 2.45) is 5.41 Å². The number of nitrogens with one attached hydrogen (secondary N) is 3. The number of halogens is 27. The first-order chi connectivity index (χ1) is 25.9. The van der Waals surface area contributed by atoms with Gasteiger partial charge in [-0.05, 0) is 0 Å². The maximum absolute atomic E-state index is 13.8. The summed E-state index contributed by atoms with van der Waals surface area (Å²) in [5.41, 5.74) is -28.5. The molecule has 0 radical (unpaired) electrons. The standard InChI is InChI=1S/C25H27F27N4O3/c26-17(27,28)14(18(29,30)31,19(32,33)34)57-10-13(9-56-7-5-54-3-1-53-2-4-55-6-8-56,11-58-15(20(35,36)37,21(38,39)40)22(41,42)43)12-59-16(23(44,45)46,24(47,48)49)25(50,51)52/h53-55H,1-12H2. The van der Waals surface area contributed by atoms with Crippen LogP contribution in [0.15, 0.2) is 0 Å². The molecule has 1 aliphatic heterocycles. The Balaban J connectivity index is 4.53. The van der Waals surface area contributed by atoms with E-state index < -0.39 is 130 Å². The van der Waals surface area contributed by atoms with Crippen molar-refractivity contribution >= 4 is 0 Å². The molecule has 0 aliphatic carbocycles. The third-order valence-corrected chi connectivity index (χ3v) is 8.10. The molecule has 0 bridgehead atoms. The van der Waals surface area contributed by atoms with Crippen molar-refractivity contribution in [2.45, 2.75) is 72.4 Å². The van der Waals surface area contributed by atoms with Crippen LogP contribution in [0.2, 0.25) is 0 Å². The second kappa shape index (κ2) is 17.9. The van der Waals surface area contributed by atoms with Gasteiger partial charge in [0.05, 0.1) is 25.2 Å². The van der Waals surface area contributed by atoms with E-state index in [1.807, 2.05) is 0 Å². The summed E-state index contributed by atoms with van der Waals surface area (Å²) in [5.74, 6) is 0. The van der Waals surface area contributed by atoms with Gasteiger partial charge in [-0.1, -0.05) is 0 Å². The van der Waals surface area contributed by atoms with Crippen LogP contribution in [-0.4, -0.2) is 156 Å². The van der Waals surface area contributed by atoms with E-state index in [1.54, 1.807) is 0 Å². The Morgan fingerprint density at radius 3 is 0.678 bits per heavy atom. The van der Waals surface area contributed by atoms with Crippen LogP contribution in [0.5, 0.6) is 0 Å². The average Bonchev–Trinajstić information content (AvgIpc) is 2.92. The molecule has 0 unspecified atom stereocenters. The molecule has 0 atom stereocenters. The molecule has 354 valence electrons. The highest BCUT2D eigenvalue weighted by molar-refractivity contribution is 5.07. The maximum atomic E-state index is 13.8.